The van der Waals surface area contributed by atoms with Crippen LogP contribution in [0.4, 0.5) is 10.5 Å². The van der Waals surface area contributed by atoms with E-state index in [0.29, 0.717) is 23.0 Å². The van der Waals surface area contributed by atoms with Crippen LogP contribution in [0.3, 0.4) is 0 Å². The highest BCUT2D eigenvalue weighted by Gasteiger charge is 2.20. The van der Waals surface area contributed by atoms with E-state index < -0.39 is 11.1 Å². The summed E-state index contributed by atoms with van der Waals surface area (Å²) >= 11 is 12.2. The molecular formula is C21H21Cl2N3O5. The van der Waals surface area contributed by atoms with Crippen molar-refractivity contribution in [2.75, 3.05) is 6.61 Å². The Morgan fingerprint density at radius 2 is 1.84 bits per heavy atom. The molecule has 31 heavy (non-hydrogen) atoms. The number of imidazole rings is 1. The Hall–Kier alpha value is -2.84. The average molecular weight is 466 g/mol. The number of fused-ring (bicyclic) bond motifs is 1. The van der Waals surface area contributed by atoms with Crippen molar-refractivity contribution in [1.82, 2.24) is 9.55 Å². The monoisotopic (exact) mass is 465 g/mol. The number of nitro benzene ring substituents is 1. The second-order valence-corrected chi connectivity index (χ2v) is 8.62. The number of benzene rings is 2. The highest BCUT2D eigenvalue weighted by atomic mass is 35.5. The molecule has 3 rings (SSSR count). The molecule has 0 saturated heterocycles. The summed E-state index contributed by atoms with van der Waals surface area (Å²) in [6.07, 6.45) is 2.35. The van der Waals surface area contributed by atoms with Gasteiger partial charge < -0.3 is 14.0 Å². The number of hydrogen-bond donors (Lipinski definition) is 0. The van der Waals surface area contributed by atoms with Crippen LogP contribution in [-0.2, 0) is 11.3 Å². The highest BCUT2D eigenvalue weighted by Crippen LogP contribution is 2.30. The first-order valence-corrected chi connectivity index (χ1v) is 10.3. The number of hydrogen-bond acceptors (Lipinski definition) is 6. The zero-order valence-corrected chi connectivity index (χ0v) is 18.5. The van der Waals surface area contributed by atoms with Crippen LogP contribution in [0.2, 0.25) is 10.0 Å². The summed E-state index contributed by atoms with van der Waals surface area (Å²) in [6.45, 7) is 5.07. The Morgan fingerprint density at radius 1 is 1.16 bits per heavy atom. The molecule has 1 aromatic heterocycles. The SMILES string of the molecule is CC(C)(CCOC(=O)Oc1ccc([N+](=O)[O-])cc1)CCn1cnc2cc(Cl)c(Cl)cc21. The van der Waals surface area contributed by atoms with Crippen molar-refractivity contribution in [2.45, 2.75) is 33.2 Å². The second-order valence-electron chi connectivity index (χ2n) is 7.81. The quantitative estimate of drug-likeness (QED) is 0.168. The average Bonchev–Trinajstić information content (AvgIpc) is 3.08. The van der Waals surface area contributed by atoms with Crippen molar-refractivity contribution >= 4 is 46.1 Å². The first-order chi connectivity index (χ1) is 14.6. The fraction of sp³-hybridized carbons (Fsp3) is 0.333. The molecular weight excluding hydrogens is 445 g/mol. The molecule has 2 aromatic carbocycles. The molecule has 0 atom stereocenters. The first kappa shape index (κ1) is 22.8. The Bertz CT molecular complexity index is 1100. The lowest BCUT2D eigenvalue weighted by atomic mass is 9.86. The standard InChI is InChI=1S/C21H21Cl2N3O5/c1-21(2,7-9-25-13-24-18-11-16(22)17(23)12-19(18)25)8-10-30-20(27)31-15-5-3-14(4-6-15)26(28)29/h3-6,11-13H,7-10H2,1-2H3. The van der Waals surface area contributed by atoms with E-state index in [-0.39, 0.29) is 23.5 Å². The van der Waals surface area contributed by atoms with Gasteiger partial charge in [0, 0.05) is 18.7 Å². The fourth-order valence-corrected chi connectivity index (χ4v) is 3.27. The molecule has 0 unspecified atom stereocenters. The Morgan fingerprint density at radius 3 is 2.52 bits per heavy atom. The van der Waals surface area contributed by atoms with Gasteiger partial charge in [-0.25, -0.2) is 9.78 Å². The van der Waals surface area contributed by atoms with Crippen LogP contribution in [0.1, 0.15) is 26.7 Å². The van der Waals surface area contributed by atoms with Crippen LogP contribution < -0.4 is 4.74 Å². The number of carbonyl (C=O) groups excluding carboxylic acids is 1. The third-order valence-corrected chi connectivity index (χ3v) is 5.66. The number of nitrogens with zero attached hydrogens (tertiary/aromatic N) is 3. The van der Waals surface area contributed by atoms with E-state index in [4.69, 9.17) is 32.7 Å². The number of non-ortho nitro benzene ring substituents is 1. The number of carbonyl (C=O) groups is 1. The molecule has 0 spiro atoms. The molecule has 0 aliphatic carbocycles. The zero-order valence-electron chi connectivity index (χ0n) is 17.0. The van der Waals surface area contributed by atoms with E-state index in [0.717, 1.165) is 17.5 Å². The molecule has 0 fully saturated rings. The van der Waals surface area contributed by atoms with Crippen LogP contribution in [0.15, 0.2) is 42.7 Å². The number of ether oxygens (including phenoxy) is 2. The fourth-order valence-electron chi connectivity index (χ4n) is 2.95. The normalized spacial score (nSPS) is 11.5. The molecule has 164 valence electrons. The Labute approximate surface area is 188 Å². The number of rotatable bonds is 8. The summed E-state index contributed by atoms with van der Waals surface area (Å²) in [7, 11) is 0. The molecule has 0 radical (unpaired) electrons. The maximum absolute atomic E-state index is 11.9. The van der Waals surface area contributed by atoms with Crippen molar-refractivity contribution in [2.24, 2.45) is 5.41 Å². The van der Waals surface area contributed by atoms with Gasteiger partial charge in [-0.15, -0.1) is 0 Å². The minimum absolute atomic E-state index is 0.0847. The van der Waals surface area contributed by atoms with Gasteiger partial charge in [-0.1, -0.05) is 37.0 Å². The maximum Gasteiger partial charge on any atom is 0.513 e. The molecule has 0 saturated carbocycles. The summed E-state index contributed by atoms with van der Waals surface area (Å²) in [4.78, 5) is 26.3. The number of aryl methyl sites for hydroxylation is 1. The zero-order chi connectivity index (χ0) is 22.6. The van der Waals surface area contributed by atoms with E-state index in [1.807, 2.05) is 4.57 Å². The predicted molar refractivity (Wildman–Crippen MR) is 118 cm³/mol. The minimum atomic E-state index is -0.850. The summed E-state index contributed by atoms with van der Waals surface area (Å²) < 4.78 is 12.2. The van der Waals surface area contributed by atoms with Gasteiger partial charge in [0.1, 0.15) is 5.75 Å². The van der Waals surface area contributed by atoms with Crippen LogP contribution >= 0.6 is 23.2 Å². The largest absolute Gasteiger partial charge is 0.513 e. The number of nitro groups is 1. The van der Waals surface area contributed by atoms with Gasteiger partial charge >= 0.3 is 6.16 Å². The van der Waals surface area contributed by atoms with Gasteiger partial charge in [0.05, 0.1) is 38.9 Å². The van der Waals surface area contributed by atoms with Crippen molar-refractivity contribution < 1.29 is 19.2 Å². The van der Waals surface area contributed by atoms with Crippen LogP contribution in [0, 0.1) is 15.5 Å². The second kappa shape index (κ2) is 9.53. The first-order valence-electron chi connectivity index (χ1n) is 9.53. The number of aromatic nitrogens is 2. The van der Waals surface area contributed by atoms with Crippen molar-refractivity contribution in [1.29, 1.82) is 0 Å². The van der Waals surface area contributed by atoms with E-state index in [1.54, 1.807) is 18.5 Å². The Kier molecular flexibility index (Phi) is 7.02. The molecule has 3 aromatic rings. The van der Waals surface area contributed by atoms with E-state index in [9.17, 15) is 14.9 Å². The van der Waals surface area contributed by atoms with Crippen LogP contribution in [-0.4, -0.2) is 27.2 Å². The number of halogens is 2. The van der Waals surface area contributed by atoms with Gasteiger partial charge in [0.15, 0.2) is 0 Å². The molecule has 0 amide bonds. The van der Waals surface area contributed by atoms with Gasteiger partial charge in [-0.05, 0) is 42.5 Å². The lowest BCUT2D eigenvalue weighted by Gasteiger charge is -2.24. The van der Waals surface area contributed by atoms with E-state index in [1.165, 1.54) is 24.3 Å². The Balaban J connectivity index is 1.47. The smallest absolute Gasteiger partial charge is 0.434 e. The minimum Gasteiger partial charge on any atom is -0.434 e. The molecule has 10 heteroatoms. The summed E-state index contributed by atoms with van der Waals surface area (Å²) in [5.74, 6) is 0.181. The molecule has 8 nitrogen and oxygen atoms in total. The predicted octanol–water partition coefficient (Wildman–Crippen LogP) is 6.27. The molecule has 0 aliphatic heterocycles. The third-order valence-electron chi connectivity index (χ3n) is 4.94. The maximum atomic E-state index is 11.9. The van der Waals surface area contributed by atoms with E-state index in [2.05, 4.69) is 18.8 Å². The van der Waals surface area contributed by atoms with Crippen molar-refractivity contribution in [3.63, 3.8) is 0 Å². The molecule has 1 heterocycles. The lowest BCUT2D eigenvalue weighted by Crippen LogP contribution is -2.20. The summed E-state index contributed by atoms with van der Waals surface area (Å²) in [6, 6.07) is 8.75. The molecule has 0 bridgehead atoms. The lowest BCUT2D eigenvalue weighted by molar-refractivity contribution is -0.384. The van der Waals surface area contributed by atoms with E-state index >= 15 is 0 Å². The van der Waals surface area contributed by atoms with Crippen molar-refractivity contribution in [3.8, 4) is 5.75 Å². The van der Waals surface area contributed by atoms with Crippen LogP contribution in [0.5, 0.6) is 5.75 Å². The van der Waals surface area contributed by atoms with Gasteiger partial charge in [-0.3, -0.25) is 10.1 Å². The van der Waals surface area contributed by atoms with Gasteiger partial charge in [-0.2, -0.15) is 0 Å². The topological polar surface area (TPSA) is 96.5 Å². The van der Waals surface area contributed by atoms with Gasteiger partial charge in [0.25, 0.3) is 5.69 Å². The molecule has 0 aliphatic rings. The molecule has 0 N–H and O–H groups in total. The third kappa shape index (κ3) is 6.08. The summed E-state index contributed by atoms with van der Waals surface area (Å²) in [5.41, 5.74) is 1.50. The van der Waals surface area contributed by atoms with Gasteiger partial charge in [0.2, 0.25) is 0 Å². The summed E-state index contributed by atoms with van der Waals surface area (Å²) in [5, 5.41) is 11.6. The highest BCUT2D eigenvalue weighted by molar-refractivity contribution is 6.42. The van der Waals surface area contributed by atoms with Crippen molar-refractivity contribution in [3.05, 3.63) is 62.9 Å². The van der Waals surface area contributed by atoms with Crippen LogP contribution in [0.25, 0.3) is 11.0 Å².